The van der Waals surface area contributed by atoms with Gasteiger partial charge in [0.1, 0.15) is 21.5 Å². The van der Waals surface area contributed by atoms with E-state index in [0.717, 1.165) is 12.0 Å². The minimum Gasteiger partial charge on any atom is -0.467 e. The van der Waals surface area contributed by atoms with Gasteiger partial charge in [-0.05, 0) is 43.2 Å². The fourth-order valence-corrected chi connectivity index (χ4v) is 4.38. The highest BCUT2D eigenvalue weighted by molar-refractivity contribution is 8.26. The highest BCUT2D eigenvalue weighted by Crippen LogP contribution is 2.34. The van der Waals surface area contributed by atoms with Crippen LogP contribution in [-0.4, -0.2) is 31.1 Å². The Kier molecular flexibility index (Phi) is 5.74. The van der Waals surface area contributed by atoms with Gasteiger partial charge >= 0.3 is 0 Å². The van der Waals surface area contributed by atoms with Gasteiger partial charge in [0.25, 0.3) is 11.5 Å². The molecule has 0 saturated carbocycles. The van der Waals surface area contributed by atoms with Gasteiger partial charge in [-0.25, -0.2) is 4.98 Å². The molecule has 0 atom stereocenters. The monoisotopic (exact) mass is 440 g/mol. The lowest BCUT2D eigenvalue weighted by Gasteiger charge is -2.12. The minimum atomic E-state index is -0.253. The predicted octanol–water partition coefficient (Wildman–Crippen LogP) is 3.82. The number of fused-ring (bicyclic) bond motifs is 1. The number of furan rings is 1. The Hall–Kier alpha value is -2.91. The Bertz CT molecular complexity index is 1210. The summed E-state index contributed by atoms with van der Waals surface area (Å²) in [7, 11) is 0. The van der Waals surface area contributed by atoms with Gasteiger partial charge in [-0.15, -0.1) is 0 Å². The number of aromatic nitrogens is 2. The molecule has 0 aliphatic carbocycles. The van der Waals surface area contributed by atoms with Gasteiger partial charge in [-0.2, -0.15) is 0 Å². The molecule has 1 aliphatic heterocycles. The molecule has 7 nitrogen and oxygen atoms in total. The fraction of sp³-hybridized carbons (Fsp3) is 0.238. The maximum atomic E-state index is 13.2. The van der Waals surface area contributed by atoms with Crippen molar-refractivity contribution in [3.8, 4) is 0 Å². The van der Waals surface area contributed by atoms with Gasteiger partial charge in [0.05, 0.1) is 23.3 Å². The summed E-state index contributed by atoms with van der Waals surface area (Å²) in [6.45, 7) is 4.86. The molecule has 0 aromatic carbocycles. The summed E-state index contributed by atoms with van der Waals surface area (Å²) in [6, 6.07) is 7.26. The first kappa shape index (κ1) is 20.4. The zero-order valence-electron chi connectivity index (χ0n) is 16.5. The van der Waals surface area contributed by atoms with Crippen molar-refractivity contribution in [3.63, 3.8) is 0 Å². The lowest BCUT2D eigenvalue weighted by molar-refractivity contribution is -0.122. The second-order valence-electron chi connectivity index (χ2n) is 6.84. The molecule has 0 bridgehead atoms. The van der Waals surface area contributed by atoms with E-state index in [1.807, 2.05) is 19.9 Å². The molecule has 154 valence electrons. The number of nitrogens with zero attached hydrogens (tertiary/aromatic N) is 3. The van der Waals surface area contributed by atoms with Crippen molar-refractivity contribution in [1.29, 1.82) is 0 Å². The smallest absolute Gasteiger partial charge is 0.267 e. The number of thiocarbonyl (C=S) groups is 1. The number of nitrogens with one attached hydrogen (secondary N) is 1. The van der Waals surface area contributed by atoms with E-state index in [4.69, 9.17) is 16.6 Å². The molecule has 0 radical (unpaired) electrons. The maximum Gasteiger partial charge on any atom is 0.267 e. The molecule has 0 spiro atoms. The molecule has 1 amide bonds. The molecule has 9 heteroatoms. The number of aryl methyl sites for hydroxylation is 1. The Morgan fingerprint density at radius 2 is 2.13 bits per heavy atom. The minimum absolute atomic E-state index is 0.237. The number of hydrogen-bond donors (Lipinski definition) is 1. The van der Waals surface area contributed by atoms with Gasteiger partial charge in [0, 0.05) is 12.7 Å². The van der Waals surface area contributed by atoms with Crippen LogP contribution in [0.2, 0.25) is 0 Å². The molecule has 0 unspecified atom stereocenters. The van der Waals surface area contributed by atoms with Crippen LogP contribution in [-0.2, 0) is 11.3 Å². The largest absolute Gasteiger partial charge is 0.467 e. The Labute approximate surface area is 182 Å². The van der Waals surface area contributed by atoms with Gasteiger partial charge < -0.3 is 9.73 Å². The first-order valence-corrected chi connectivity index (χ1v) is 10.8. The molecule has 4 heterocycles. The summed E-state index contributed by atoms with van der Waals surface area (Å²) < 4.78 is 7.26. The van der Waals surface area contributed by atoms with E-state index in [0.29, 0.717) is 38.6 Å². The van der Waals surface area contributed by atoms with Crippen molar-refractivity contribution in [2.75, 3.05) is 11.9 Å². The first-order chi connectivity index (χ1) is 14.5. The topological polar surface area (TPSA) is 79.9 Å². The van der Waals surface area contributed by atoms with Crippen LogP contribution in [0.5, 0.6) is 0 Å². The Morgan fingerprint density at radius 3 is 2.87 bits per heavy atom. The summed E-state index contributed by atoms with van der Waals surface area (Å²) in [4.78, 5) is 32.7. The standard InChI is InChI=1S/C21H20N4O3S2/c1-3-8-22-17-15(19(26)24-9-4-6-13(2)18(24)23-17)11-16-20(27)25(21(29)30-16)12-14-7-5-10-28-14/h4-7,9-11,22H,3,8,12H2,1-2H3/b16-11-. The number of carbonyl (C=O) groups excluding carboxylic acids is 1. The zero-order valence-corrected chi connectivity index (χ0v) is 18.2. The van der Waals surface area contributed by atoms with E-state index in [-0.39, 0.29) is 18.0 Å². The van der Waals surface area contributed by atoms with Crippen molar-refractivity contribution in [1.82, 2.24) is 14.3 Å². The number of anilines is 1. The number of carbonyl (C=O) groups is 1. The normalized spacial score (nSPS) is 15.5. The molecular formula is C21H20N4O3S2. The molecule has 4 rings (SSSR count). The maximum absolute atomic E-state index is 13.2. The number of thioether (sulfide) groups is 1. The van der Waals surface area contributed by atoms with E-state index < -0.39 is 0 Å². The van der Waals surface area contributed by atoms with Crippen LogP contribution in [0.1, 0.15) is 30.2 Å². The molecule has 1 aliphatic rings. The quantitative estimate of drug-likeness (QED) is 0.461. The van der Waals surface area contributed by atoms with Crippen LogP contribution in [0.25, 0.3) is 11.7 Å². The van der Waals surface area contributed by atoms with E-state index in [1.54, 1.807) is 36.7 Å². The third kappa shape index (κ3) is 3.78. The molecule has 1 saturated heterocycles. The third-order valence-corrected chi connectivity index (χ3v) is 6.05. The number of pyridine rings is 1. The van der Waals surface area contributed by atoms with E-state index in [2.05, 4.69) is 10.3 Å². The predicted molar refractivity (Wildman–Crippen MR) is 122 cm³/mol. The zero-order chi connectivity index (χ0) is 21.3. The second-order valence-corrected chi connectivity index (χ2v) is 8.51. The fourth-order valence-electron chi connectivity index (χ4n) is 3.15. The van der Waals surface area contributed by atoms with Gasteiger partial charge in [0.15, 0.2) is 0 Å². The van der Waals surface area contributed by atoms with Crippen LogP contribution in [0, 0.1) is 6.92 Å². The average molecular weight is 441 g/mol. The second kappa shape index (κ2) is 8.45. The summed E-state index contributed by atoms with van der Waals surface area (Å²) >= 11 is 6.56. The van der Waals surface area contributed by atoms with E-state index in [1.165, 1.54) is 21.1 Å². The lowest BCUT2D eigenvalue weighted by Crippen LogP contribution is -2.27. The van der Waals surface area contributed by atoms with Crippen LogP contribution >= 0.6 is 24.0 Å². The average Bonchev–Trinajstić information content (AvgIpc) is 3.33. The van der Waals surface area contributed by atoms with E-state index in [9.17, 15) is 9.59 Å². The SMILES string of the molecule is CCCNc1nc2c(C)cccn2c(=O)c1/C=C1\SC(=S)N(Cc2ccco2)C1=O. The van der Waals surface area contributed by atoms with Crippen LogP contribution in [0.15, 0.2) is 50.8 Å². The van der Waals surface area contributed by atoms with Crippen molar-refractivity contribution in [2.24, 2.45) is 0 Å². The molecule has 3 aromatic rings. The number of amides is 1. The molecule has 1 fully saturated rings. The van der Waals surface area contributed by atoms with Crippen LogP contribution in [0.4, 0.5) is 5.82 Å². The number of hydrogen-bond acceptors (Lipinski definition) is 7. The van der Waals surface area contributed by atoms with Crippen molar-refractivity contribution in [3.05, 3.63) is 68.9 Å². The molecule has 30 heavy (non-hydrogen) atoms. The Morgan fingerprint density at radius 1 is 1.30 bits per heavy atom. The van der Waals surface area contributed by atoms with Gasteiger partial charge in [0.2, 0.25) is 0 Å². The number of rotatable bonds is 6. The highest BCUT2D eigenvalue weighted by Gasteiger charge is 2.33. The van der Waals surface area contributed by atoms with Gasteiger partial charge in [-0.3, -0.25) is 18.9 Å². The summed E-state index contributed by atoms with van der Waals surface area (Å²) in [6.07, 6.45) is 5.70. The highest BCUT2D eigenvalue weighted by atomic mass is 32.2. The summed E-state index contributed by atoms with van der Waals surface area (Å²) in [5.41, 5.74) is 1.58. The van der Waals surface area contributed by atoms with E-state index >= 15 is 0 Å². The first-order valence-electron chi connectivity index (χ1n) is 9.53. The third-order valence-electron chi connectivity index (χ3n) is 4.67. The van der Waals surface area contributed by atoms with Crippen LogP contribution < -0.4 is 10.9 Å². The summed E-state index contributed by atoms with van der Waals surface area (Å²) in [5.74, 6) is 0.852. The molecule has 1 N–H and O–H groups in total. The lowest BCUT2D eigenvalue weighted by atomic mass is 10.2. The summed E-state index contributed by atoms with van der Waals surface area (Å²) in [5, 5.41) is 3.22. The Balaban J connectivity index is 1.77. The van der Waals surface area contributed by atoms with Crippen molar-refractivity contribution < 1.29 is 9.21 Å². The van der Waals surface area contributed by atoms with Gasteiger partial charge in [-0.1, -0.05) is 37.0 Å². The molecular weight excluding hydrogens is 420 g/mol. The molecule has 3 aromatic heterocycles. The van der Waals surface area contributed by atoms with Crippen molar-refractivity contribution >= 4 is 51.7 Å². The van der Waals surface area contributed by atoms with Crippen LogP contribution in [0.3, 0.4) is 0 Å². The van der Waals surface area contributed by atoms with Crippen molar-refractivity contribution in [2.45, 2.75) is 26.8 Å².